The highest BCUT2D eigenvalue weighted by Crippen LogP contribution is 2.00. The van der Waals surface area contributed by atoms with Crippen LogP contribution in [0, 0.1) is 0 Å². The van der Waals surface area contributed by atoms with Crippen LogP contribution in [0.15, 0.2) is 0 Å². The Bertz CT molecular complexity index is 121. The molecule has 0 aromatic carbocycles. The van der Waals surface area contributed by atoms with Crippen LogP contribution in [-0.4, -0.2) is 56.0 Å². The fourth-order valence-electron chi connectivity index (χ4n) is 0.594. The molecule has 1 unspecified atom stereocenters. The van der Waals surface area contributed by atoms with Gasteiger partial charge in [-0.2, -0.15) is 0 Å². The van der Waals surface area contributed by atoms with Crippen LogP contribution >= 0.6 is 0 Å². The van der Waals surface area contributed by atoms with Crippen LogP contribution in [0.3, 0.4) is 0 Å². The molecular weight excluding hydrogens is 188 g/mol. The third-order valence-electron chi connectivity index (χ3n) is 1.07. The highest BCUT2D eigenvalue weighted by atomic mass is 17.1. The fraction of sp³-hybridized carbons (Fsp3) is 1.00. The summed E-state index contributed by atoms with van der Waals surface area (Å²) in [4.78, 5) is 8.37. The second-order valence-corrected chi connectivity index (χ2v) is 2.04. The molecule has 0 spiro atoms. The zero-order valence-electron chi connectivity index (χ0n) is 6.65. The summed E-state index contributed by atoms with van der Waals surface area (Å²) in [5, 5.41) is 40.0. The summed E-state index contributed by atoms with van der Waals surface area (Å²) in [5.41, 5.74) is 0. The molecule has 0 radical (unpaired) electrons. The maximum atomic E-state index is 8.46. The van der Waals surface area contributed by atoms with Crippen molar-refractivity contribution in [2.75, 3.05) is 13.2 Å². The van der Waals surface area contributed by atoms with E-state index in [2.05, 4.69) is 9.68 Å². The first-order chi connectivity index (χ1) is 6.06. The quantitative estimate of drug-likeness (QED) is 0.321. The van der Waals surface area contributed by atoms with Gasteiger partial charge in [0.1, 0.15) is 12.7 Å². The van der Waals surface area contributed by atoms with E-state index in [1.807, 2.05) is 0 Å². The van der Waals surface area contributed by atoms with Crippen LogP contribution in [0.25, 0.3) is 0 Å². The third kappa shape index (κ3) is 7.98. The number of aliphatic hydroxyl groups excluding tert-OH is 1. The lowest BCUT2D eigenvalue weighted by Crippen LogP contribution is -2.31. The molecule has 0 rings (SSSR count). The van der Waals surface area contributed by atoms with Gasteiger partial charge in [-0.05, 0) is 0 Å². The molecule has 9 heteroatoms. The van der Waals surface area contributed by atoms with Crippen molar-refractivity contribution < 1.29 is 35.6 Å². The average molecular weight is 200 g/mol. The zero-order valence-corrected chi connectivity index (χ0v) is 6.65. The van der Waals surface area contributed by atoms with Crippen LogP contribution in [0.2, 0.25) is 0 Å². The summed E-state index contributed by atoms with van der Waals surface area (Å²) in [6.45, 7) is -0.649. The number of aliphatic hydroxyl groups is 1. The second kappa shape index (κ2) is 7.08. The summed E-state index contributed by atoms with van der Waals surface area (Å²) in [6.07, 6.45) is -0.882. The lowest BCUT2D eigenvalue weighted by atomic mass is 10.3. The van der Waals surface area contributed by atoms with Gasteiger partial charge >= 0.3 is 0 Å². The van der Waals surface area contributed by atoms with Gasteiger partial charge in [-0.3, -0.25) is 20.8 Å². The molecule has 0 aliphatic carbocycles. The molecule has 80 valence electrons. The van der Waals surface area contributed by atoms with Crippen molar-refractivity contribution in [3.8, 4) is 0 Å². The van der Waals surface area contributed by atoms with Crippen LogP contribution in [0.1, 0.15) is 6.42 Å². The Hall–Kier alpha value is -0.360. The van der Waals surface area contributed by atoms with Gasteiger partial charge in [0, 0.05) is 13.0 Å². The van der Waals surface area contributed by atoms with Crippen molar-refractivity contribution in [2.24, 2.45) is 0 Å². The SMILES string of the molecule is OCCC(CON(O)O)ON(O)O. The van der Waals surface area contributed by atoms with Gasteiger partial charge in [-0.25, -0.2) is 9.68 Å². The Morgan fingerprint density at radius 2 is 1.69 bits per heavy atom. The maximum Gasteiger partial charge on any atom is 0.112 e. The Kier molecular flexibility index (Phi) is 6.89. The predicted molar refractivity (Wildman–Crippen MR) is 33.4 cm³/mol. The van der Waals surface area contributed by atoms with E-state index in [-0.39, 0.29) is 19.6 Å². The van der Waals surface area contributed by atoms with Crippen molar-refractivity contribution in [2.45, 2.75) is 12.5 Å². The molecule has 0 aliphatic rings. The number of hydrogen-bond acceptors (Lipinski definition) is 9. The fourth-order valence-corrected chi connectivity index (χ4v) is 0.594. The molecule has 0 saturated carbocycles. The van der Waals surface area contributed by atoms with Crippen molar-refractivity contribution in [3.05, 3.63) is 0 Å². The van der Waals surface area contributed by atoms with Gasteiger partial charge in [0.25, 0.3) is 0 Å². The van der Waals surface area contributed by atoms with E-state index in [1.54, 1.807) is 0 Å². The summed E-state index contributed by atoms with van der Waals surface area (Å²) >= 11 is 0. The molecule has 9 nitrogen and oxygen atoms in total. The Morgan fingerprint density at radius 3 is 2.08 bits per heavy atom. The van der Waals surface area contributed by atoms with Crippen LogP contribution in [0.5, 0.6) is 0 Å². The monoisotopic (exact) mass is 200 g/mol. The summed E-state index contributed by atoms with van der Waals surface area (Å²) < 4.78 is 0. The molecule has 0 amide bonds. The number of hydrogen-bond donors (Lipinski definition) is 5. The first-order valence-electron chi connectivity index (χ1n) is 3.32. The van der Waals surface area contributed by atoms with Gasteiger partial charge in [0.15, 0.2) is 0 Å². The van der Waals surface area contributed by atoms with E-state index >= 15 is 0 Å². The van der Waals surface area contributed by atoms with Gasteiger partial charge < -0.3 is 5.11 Å². The molecule has 0 aromatic heterocycles. The van der Waals surface area contributed by atoms with Crippen LogP contribution in [0.4, 0.5) is 0 Å². The molecule has 0 fully saturated rings. The van der Waals surface area contributed by atoms with Crippen LogP contribution < -0.4 is 0 Å². The van der Waals surface area contributed by atoms with E-state index in [0.717, 1.165) is 0 Å². The highest BCUT2D eigenvalue weighted by molar-refractivity contribution is 4.52. The first-order valence-corrected chi connectivity index (χ1v) is 3.32. The van der Waals surface area contributed by atoms with Crippen molar-refractivity contribution in [3.63, 3.8) is 0 Å². The minimum Gasteiger partial charge on any atom is -0.396 e. The maximum absolute atomic E-state index is 8.46. The first kappa shape index (κ1) is 12.6. The standard InChI is InChI=1S/C4H12N2O7/c7-2-1-4(13-6(10)11)3-12-5(8)9/h4,7-11H,1-3H2. The lowest BCUT2D eigenvalue weighted by molar-refractivity contribution is -0.527. The largest absolute Gasteiger partial charge is 0.396 e. The Labute approximate surface area is 73.3 Å². The molecular formula is C4H12N2O7. The predicted octanol–water partition coefficient (Wildman–Crippen LogP) is -1.24. The van der Waals surface area contributed by atoms with Gasteiger partial charge in [-0.15, -0.1) is 0 Å². The smallest absolute Gasteiger partial charge is 0.112 e. The van der Waals surface area contributed by atoms with Gasteiger partial charge in [-0.1, -0.05) is 0 Å². The summed E-state index contributed by atoms with van der Waals surface area (Å²) in [7, 11) is 0. The molecule has 13 heavy (non-hydrogen) atoms. The highest BCUT2D eigenvalue weighted by Gasteiger charge is 2.14. The minimum atomic E-state index is -0.915. The molecule has 0 aromatic rings. The van der Waals surface area contributed by atoms with Crippen LogP contribution in [-0.2, 0) is 9.68 Å². The zero-order chi connectivity index (χ0) is 10.3. The minimum absolute atomic E-state index is 0.0332. The van der Waals surface area contributed by atoms with E-state index in [9.17, 15) is 0 Å². The van der Waals surface area contributed by atoms with E-state index in [0.29, 0.717) is 0 Å². The van der Waals surface area contributed by atoms with Gasteiger partial charge in [0.2, 0.25) is 0 Å². The number of rotatable bonds is 7. The Balaban J connectivity index is 3.66. The van der Waals surface area contributed by atoms with Crippen molar-refractivity contribution in [1.82, 2.24) is 10.8 Å². The summed E-state index contributed by atoms with van der Waals surface area (Å²) in [5.74, 6) is 0. The Morgan fingerprint density at radius 1 is 1.08 bits per heavy atom. The number of nitrogens with zero attached hydrogens (tertiary/aromatic N) is 2. The summed E-state index contributed by atoms with van der Waals surface area (Å²) in [6, 6.07) is 0. The van der Waals surface area contributed by atoms with Crippen molar-refractivity contribution >= 4 is 0 Å². The van der Waals surface area contributed by atoms with E-state index in [4.69, 9.17) is 25.9 Å². The molecule has 0 bridgehead atoms. The van der Waals surface area contributed by atoms with Gasteiger partial charge in [0.05, 0.1) is 10.8 Å². The normalized spacial score (nSPS) is 14.1. The topological polar surface area (TPSA) is 126 Å². The van der Waals surface area contributed by atoms with E-state index < -0.39 is 16.9 Å². The molecule has 0 aliphatic heterocycles. The molecule has 1 atom stereocenters. The molecule has 0 heterocycles. The third-order valence-corrected chi connectivity index (χ3v) is 1.07. The average Bonchev–Trinajstić information content (AvgIpc) is 1.99. The molecule has 0 saturated heterocycles. The van der Waals surface area contributed by atoms with Crippen molar-refractivity contribution in [1.29, 1.82) is 0 Å². The lowest BCUT2D eigenvalue weighted by Gasteiger charge is -2.17. The van der Waals surface area contributed by atoms with E-state index in [1.165, 1.54) is 0 Å². The second-order valence-electron chi connectivity index (χ2n) is 2.04. The molecule has 5 N–H and O–H groups in total.